The molecule has 0 radical (unpaired) electrons. The van der Waals surface area contributed by atoms with Gasteiger partial charge in [-0.05, 0) is 27.7 Å². The maximum absolute atomic E-state index is 13.0. The number of dihydropyridines is 1. The summed E-state index contributed by atoms with van der Waals surface area (Å²) >= 11 is 0. The molecule has 1 heterocycles. The third kappa shape index (κ3) is 4.71. The minimum atomic E-state index is -0.950. The van der Waals surface area contributed by atoms with Crippen molar-refractivity contribution in [1.82, 2.24) is 10.6 Å². The molecule has 0 saturated heterocycles. The van der Waals surface area contributed by atoms with E-state index in [-0.39, 0.29) is 35.0 Å². The third-order valence-corrected chi connectivity index (χ3v) is 4.42. The molecule has 0 spiro atoms. The first-order chi connectivity index (χ1) is 13.7. The molecule has 1 atom stereocenters. The largest absolute Gasteiger partial charge is 0.458 e. The van der Waals surface area contributed by atoms with Gasteiger partial charge in [-0.15, -0.1) is 0 Å². The lowest BCUT2D eigenvalue weighted by molar-refractivity contribution is -0.385. The Bertz CT molecular complexity index is 915. The molecule has 0 aliphatic carbocycles. The molecular formula is C21H25N3O5. The molecule has 0 saturated carbocycles. The monoisotopic (exact) mass is 399 g/mol. The van der Waals surface area contributed by atoms with Crippen LogP contribution in [0, 0.1) is 10.1 Å². The number of hydrogen-bond acceptors (Lipinski definition) is 6. The van der Waals surface area contributed by atoms with Crippen LogP contribution in [0.4, 0.5) is 5.69 Å². The number of nitro groups is 1. The van der Waals surface area contributed by atoms with Gasteiger partial charge in [-0.3, -0.25) is 14.9 Å². The third-order valence-electron chi connectivity index (χ3n) is 4.42. The first-order valence-corrected chi connectivity index (χ1v) is 9.19. The number of nitrogens with zero attached hydrogens (tertiary/aromatic N) is 1. The molecule has 1 unspecified atom stereocenters. The second kappa shape index (κ2) is 9.18. The average molecular weight is 399 g/mol. The Hall–Kier alpha value is -3.42. The minimum absolute atomic E-state index is 0.0184. The molecule has 2 N–H and O–H groups in total. The number of carbonyl (C=O) groups is 2. The molecule has 1 aliphatic rings. The van der Waals surface area contributed by atoms with Crippen LogP contribution < -0.4 is 10.6 Å². The summed E-state index contributed by atoms with van der Waals surface area (Å²) in [5.41, 5.74) is 1.45. The zero-order valence-corrected chi connectivity index (χ0v) is 16.9. The summed E-state index contributed by atoms with van der Waals surface area (Å²) < 4.78 is 5.22. The average Bonchev–Trinajstić information content (AvgIpc) is 2.64. The fraction of sp³-hybridized carbons (Fsp3) is 0.333. The number of nitrogens with one attached hydrogen (secondary N) is 2. The second-order valence-corrected chi connectivity index (χ2v) is 6.97. The molecule has 2 rings (SSSR count). The topological polar surface area (TPSA) is 111 Å². The fourth-order valence-corrected chi connectivity index (χ4v) is 3.33. The van der Waals surface area contributed by atoms with E-state index in [9.17, 15) is 19.7 Å². The van der Waals surface area contributed by atoms with E-state index in [1.54, 1.807) is 32.0 Å². The maximum atomic E-state index is 13.0. The summed E-state index contributed by atoms with van der Waals surface area (Å²) in [5.74, 6) is -2.02. The van der Waals surface area contributed by atoms with Crippen LogP contribution in [0.1, 0.15) is 39.2 Å². The Labute approximate surface area is 169 Å². The van der Waals surface area contributed by atoms with Crippen molar-refractivity contribution >= 4 is 17.6 Å². The fourth-order valence-electron chi connectivity index (χ4n) is 3.33. The van der Waals surface area contributed by atoms with E-state index >= 15 is 0 Å². The van der Waals surface area contributed by atoms with Gasteiger partial charge in [0.2, 0.25) is 5.91 Å². The number of esters is 1. The summed E-state index contributed by atoms with van der Waals surface area (Å²) in [6, 6.07) is 5.93. The normalized spacial score (nSPS) is 16.4. The van der Waals surface area contributed by atoms with Crippen LogP contribution in [0.3, 0.4) is 0 Å². The molecule has 1 aromatic rings. The summed E-state index contributed by atoms with van der Waals surface area (Å²) in [4.78, 5) is 37.0. The lowest BCUT2D eigenvalue weighted by Gasteiger charge is -2.31. The predicted octanol–water partition coefficient (Wildman–Crippen LogP) is 3.08. The number of allylic oxidation sites excluding steroid dienone is 2. The molecule has 8 heteroatoms. The molecule has 1 amide bonds. The van der Waals surface area contributed by atoms with E-state index in [4.69, 9.17) is 4.74 Å². The van der Waals surface area contributed by atoms with Gasteiger partial charge in [0, 0.05) is 34.6 Å². The zero-order chi connectivity index (χ0) is 21.7. The van der Waals surface area contributed by atoms with Gasteiger partial charge in [-0.2, -0.15) is 0 Å². The number of amides is 1. The van der Waals surface area contributed by atoms with Gasteiger partial charge >= 0.3 is 5.97 Å². The lowest BCUT2D eigenvalue weighted by Crippen LogP contribution is -2.39. The number of ether oxygens (including phenoxy) is 1. The molecule has 29 heavy (non-hydrogen) atoms. The molecule has 0 bridgehead atoms. The summed E-state index contributed by atoms with van der Waals surface area (Å²) in [6.45, 7) is 10.5. The highest BCUT2D eigenvalue weighted by molar-refractivity contribution is 6.02. The summed E-state index contributed by atoms with van der Waals surface area (Å²) in [6.07, 6.45) is 1.43. The number of benzene rings is 1. The first-order valence-electron chi connectivity index (χ1n) is 9.19. The highest BCUT2D eigenvalue weighted by atomic mass is 16.6. The number of para-hydroxylation sites is 1. The molecule has 1 aromatic carbocycles. The van der Waals surface area contributed by atoms with Crippen molar-refractivity contribution in [2.24, 2.45) is 0 Å². The van der Waals surface area contributed by atoms with Gasteiger partial charge in [0.15, 0.2) is 0 Å². The van der Waals surface area contributed by atoms with E-state index in [1.165, 1.54) is 12.1 Å². The second-order valence-electron chi connectivity index (χ2n) is 6.97. The SMILES string of the molecule is C=CCOC(=O)C1=C(C)NC(C)=C(C(=O)NC(C)C)C1c1ccccc1[N+](=O)[O-]. The van der Waals surface area contributed by atoms with E-state index < -0.39 is 22.7 Å². The van der Waals surface area contributed by atoms with Crippen LogP contribution in [0.2, 0.25) is 0 Å². The number of hydrogen-bond donors (Lipinski definition) is 2. The van der Waals surface area contributed by atoms with Crippen LogP contribution in [0.15, 0.2) is 59.5 Å². The van der Waals surface area contributed by atoms with Crippen LogP contribution in [0.25, 0.3) is 0 Å². The molecule has 1 aliphatic heterocycles. The minimum Gasteiger partial charge on any atom is -0.458 e. The van der Waals surface area contributed by atoms with E-state index in [2.05, 4.69) is 17.2 Å². The molecule has 0 fully saturated rings. The molecule has 154 valence electrons. The lowest BCUT2D eigenvalue weighted by atomic mass is 9.79. The summed E-state index contributed by atoms with van der Waals surface area (Å²) in [7, 11) is 0. The van der Waals surface area contributed by atoms with Gasteiger partial charge in [0.25, 0.3) is 5.69 Å². The van der Waals surface area contributed by atoms with E-state index in [1.807, 2.05) is 13.8 Å². The van der Waals surface area contributed by atoms with Gasteiger partial charge < -0.3 is 15.4 Å². The Balaban J connectivity index is 2.72. The van der Waals surface area contributed by atoms with Gasteiger partial charge in [0.05, 0.1) is 16.4 Å². The Morgan fingerprint density at radius 2 is 1.90 bits per heavy atom. The highest BCUT2D eigenvalue weighted by Gasteiger charge is 2.40. The number of nitro benzene ring substituents is 1. The molecule has 8 nitrogen and oxygen atoms in total. The standard InChI is InChI=1S/C21H25N3O5/c1-6-11-29-21(26)18-14(5)23-13(4)17(20(25)22-12(2)3)19(18)15-9-7-8-10-16(15)24(27)28/h6-10,12,19,23H,1,11H2,2-5H3,(H,22,25). The van der Waals surface area contributed by atoms with Gasteiger partial charge in [0.1, 0.15) is 6.61 Å². The smallest absolute Gasteiger partial charge is 0.337 e. The summed E-state index contributed by atoms with van der Waals surface area (Å²) in [5, 5.41) is 17.5. The quantitative estimate of drug-likeness (QED) is 0.315. The Kier molecular flexibility index (Phi) is 6.93. The predicted molar refractivity (Wildman–Crippen MR) is 109 cm³/mol. The van der Waals surface area contributed by atoms with Crippen LogP contribution >= 0.6 is 0 Å². The highest BCUT2D eigenvalue weighted by Crippen LogP contribution is 2.42. The van der Waals surface area contributed by atoms with Crippen molar-refractivity contribution in [2.45, 2.75) is 39.7 Å². The molecule has 0 aromatic heterocycles. The van der Waals surface area contributed by atoms with Crippen molar-refractivity contribution < 1.29 is 19.2 Å². The molecular weight excluding hydrogens is 374 g/mol. The van der Waals surface area contributed by atoms with E-state index in [0.717, 1.165) is 0 Å². The van der Waals surface area contributed by atoms with Crippen molar-refractivity contribution in [3.05, 3.63) is 75.1 Å². The van der Waals surface area contributed by atoms with E-state index in [0.29, 0.717) is 11.4 Å². The van der Waals surface area contributed by atoms with Crippen LogP contribution in [-0.2, 0) is 14.3 Å². The van der Waals surface area contributed by atoms with Crippen molar-refractivity contribution in [1.29, 1.82) is 0 Å². The van der Waals surface area contributed by atoms with Crippen LogP contribution in [-0.4, -0.2) is 29.4 Å². The van der Waals surface area contributed by atoms with Crippen LogP contribution in [0.5, 0.6) is 0 Å². The Morgan fingerprint density at radius 3 is 2.48 bits per heavy atom. The van der Waals surface area contributed by atoms with Crippen molar-refractivity contribution in [2.75, 3.05) is 6.61 Å². The van der Waals surface area contributed by atoms with Gasteiger partial charge in [-0.25, -0.2) is 4.79 Å². The first kappa shape index (κ1) is 21.9. The van der Waals surface area contributed by atoms with Crippen molar-refractivity contribution in [3.8, 4) is 0 Å². The van der Waals surface area contributed by atoms with Gasteiger partial charge in [-0.1, -0.05) is 30.9 Å². The maximum Gasteiger partial charge on any atom is 0.337 e. The zero-order valence-electron chi connectivity index (χ0n) is 16.9. The van der Waals surface area contributed by atoms with Crippen molar-refractivity contribution in [3.63, 3.8) is 0 Å². The number of rotatable bonds is 7. The number of carbonyl (C=O) groups excluding carboxylic acids is 2. The Morgan fingerprint density at radius 1 is 1.28 bits per heavy atom.